The van der Waals surface area contributed by atoms with E-state index in [-0.39, 0.29) is 17.1 Å². The van der Waals surface area contributed by atoms with Crippen LogP contribution >= 0.6 is 35.2 Å². The van der Waals surface area contributed by atoms with Gasteiger partial charge in [-0.1, -0.05) is 41.9 Å². The predicted molar refractivity (Wildman–Crippen MR) is 111 cm³/mol. The molecule has 0 bridgehead atoms. The maximum Gasteiger partial charge on any atom is 0.269 e. The van der Waals surface area contributed by atoms with E-state index in [0.717, 1.165) is 21.4 Å². The van der Waals surface area contributed by atoms with Crippen molar-refractivity contribution in [1.29, 1.82) is 0 Å². The van der Waals surface area contributed by atoms with Crippen LogP contribution in [0.5, 0.6) is 5.75 Å². The first-order chi connectivity index (χ1) is 12.5. The highest BCUT2D eigenvalue weighted by Gasteiger charge is 2.19. The number of halogens is 1. The highest BCUT2D eigenvalue weighted by molar-refractivity contribution is 7.80. The van der Waals surface area contributed by atoms with Crippen molar-refractivity contribution < 1.29 is 9.53 Å². The predicted octanol–water partition coefficient (Wildman–Crippen LogP) is 4.93. The zero-order valence-electron chi connectivity index (χ0n) is 14.2. The molecule has 1 atom stereocenters. The topological polar surface area (TPSA) is 50.4 Å². The lowest BCUT2D eigenvalue weighted by atomic mass is 10.1. The van der Waals surface area contributed by atoms with Crippen molar-refractivity contribution in [3.63, 3.8) is 0 Å². The Balaban J connectivity index is 1.72. The van der Waals surface area contributed by atoms with E-state index >= 15 is 0 Å². The highest BCUT2D eigenvalue weighted by Crippen LogP contribution is 2.37. The minimum absolute atomic E-state index is 0.0221. The Hall–Kier alpha value is -2.15. The molecule has 0 saturated heterocycles. The number of hydrogen-bond acceptors (Lipinski definition) is 4. The van der Waals surface area contributed by atoms with Gasteiger partial charge in [-0.3, -0.25) is 10.1 Å². The number of methoxy groups -OCH3 is 1. The van der Waals surface area contributed by atoms with Gasteiger partial charge < -0.3 is 10.1 Å². The van der Waals surface area contributed by atoms with E-state index < -0.39 is 0 Å². The van der Waals surface area contributed by atoms with E-state index in [1.807, 2.05) is 55.5 Å². The Labute approximate surface area is 166 Å². The molecule has 134 valence electrons. The number of fused-ring (bicyclic) bond motifs is 1. The molecule has 0 aliphatic carbocycles. The van der Waals surface area contributed by atoms with Gasteiger partial charge in [-0.2, -0.15) is 0 Å². The van der Waals surface area contributed by atoms with E-state index in [0.29, 0.717) is 9.90 Å². The summed E-state index contributed by atoms with van der Waals surface area (Å²) in [6.07, 6.45) is 0. The Morgan fingerprint density at radius 2 is 1.96 bits per heavy atom. The van der Waals surface area contributed by atoms with Gasteiger partial charge in [0.25, 0.3) is 5.91 Å². The van der Waals surface area contributed by atoms with Gasteiger partial charge in [-0.15, -0.1) is 11.3 Å². The second-order valence-electron chi connectivity index (χ2n) is 5.67. The summed E-state index contributed by atoms with van der Waals surface area (Å²) < 4.78 is 6.10. The van der Waals surface area contributed by atoms with Crippen molar-refractivity contribution in [3.05, 3.63) is 64.0 Å². The number of ether oxygens (including phenoxy) is 1. The number of nitrogens with one attached hydrogen (secondary N) is 2. The summed E-state index contributed by atoms with van der Waals surface area (Å²) in [6, 6.07) is 15.4. The van der Waals surface area contributed by atoms with Crippen molar-refractivity contribution in [2.24, 2.45) is 0 Å². The molecule has 26 heavy (non-hydrogen) atoms. The van der Waals surface area contributed by atoms with Crippen molar-refractivity contribution in [3.8, 4) is 5.75 Å². The van der Waals surface area contributed by atoms with Crippen LogP contribution < -0.4 is 15.4 Å². The van der Waals surface area contributed by atoms with E-state index in [1.165, 1.54) is 11.3 Å². The lowest BCUT2D eigenvalue weighted by Gasteiger charge is -2.16. The number of benzene rings is 2. The smallest absolute Gasteiger partial charge is 0.269 e. The minimum Gasteiger partial charge on any atom is -0.497 e. The molecular weight excluding hydrogens is 388 g/mol. The summed E-state index contributed by atoms with van der Waals surface area (Å²) in [6.45, 7) is 1.98. The Morgan fingerprint density at radius 1 is 1.23 bits per heavy atom. The summed E-state index contributed by atoms with van der Waals surface area (Å²) in [5.41, 5.74) is 1.08. The average Bonchev–Trinajstić information content (AvgIpc) is 2.98. The molecule has 0 spiro atoms. The molecule has 3 rings (SSSR count). The molecule has 0 fully saturated rings. The number of thiophene rings is 1. The second kappa shape index (κ2) is 8.03. The van der Waals surface area contributed by atoms with Crippen LogP contribution in [0.15, 0.2) is 48.5 Å². The lowest BCUT2D eigenvalue weighted by molar-refractivity contribution is 0.0980. The summed E-state index contributed by atoms with van der Waals surface area (Å²) >= 11 is 13.0. The molecular formula is C19H17ClN2O2S2. The number of carbonyl (C=O) groups is 1. The number of amides is 1. The van der Waals surface area contributed by atoms with Crippen molar-refractivity contribution in [2.45, 2.75) is 13.0 Å². The first kappa shape index (κ1) is 18.6. The monoisotopic (exact) mass is 404 g/mol. The summed E-state index contributed by atoms with van der Waals surface area (Å²) in [5, 5.41) is 7.31. The second-order valence-corrected chi connectivity index (χ2v) is 7.51. The number of rotatable bonds is 4. The number of thiocarbonyl (C=S) groups is 1. The maximum atomic E-state index is 12.6. The molecule has 1 amide bonds. The summed E-state index contributed by atoms with van der Waals surface area (Å²) in [7, 11) is 1.60. The zero-order chi connectivity index (χ0) is 18.7. The van der Waals surface area contributed by atoms with Crippen LogP contribution in [-0.2, 0) is 0 Å². The molecule has 1 heterocycles. The van der Waals surface area contributed by atoms with Gasteiger partial charge in [0.15, 0.2) is 5.11 Å². The number of carbonyl (C=O) groups excluding carboxylic acids is 1. The van der Waals surface area contributed by atoms with E-state index in [4.69, 9.17) is 28.6 Å². The summed E-state index contributed by atoms with van der Waals surface area (Å²) in [5.74, 6) is 0.393. The molecule has 0 aliphatic heterocycles. The van der Waals surface area contributed by atoms with Gasteiger partial charge >= 0.3 is 0 Å². The quantitative estimate of drug-likeness (QED) is 0.605. The van der Waals surface area contributed by atoms with Crippen molar-refractivity contribution in [2.75, 3.05) is 7.11 Å². The van der Waals surface area contributed by atoms with Crippen LogP contribution in [-0.4, -0.2) is 18.1 Å². The average molecular weight is 405 g/mol. The molecule has 0 radical (unpaired) electrons. The maximum absolute atomic E-state index is 12.6. The zero-order valence-corrected chi connectivity index (χ0v) is 16.6. The van der Waals surface area contributed by atoms with Gasteiger partial charge in [0.1, 0.15) is 10.6 Å². The van der Waals surface area contributed by atoms with Gasteiger partial charge in [0, 0.05) is 10.1 Å². The minimum atomic E-state index is -0.326. The standard InChI is InChI=1S/C19H17ClN2O2S2/c1-11(12-6-4-3-5-7-12)21-19(25)22-18(23)17-16(20)14-9-8-13(24-2)10-15(14)26-17/h3-11H,1-2H3,(H2,21,22,23,25)/t11-/m0/s1. The molecule has 7 heteroatoms. The third-order valence-electron chi connectivity index (χ3n) is 3.92. The normalized spacial score (nSPS) is 11.8. The lowest BCUT2D eigenvalue weighted by Crippen LogP contribution is -2.40. The highest BCUT2D eigenvalue weighted by atomic mass is 35.5. The third kappa shape index (κ3) is 3.98. The first-order valence-electron chi connectivity index (χ1n) is 7.92. The molecule has 1 aromatic heterocycles. The fourth-order valence-electron chi connectivity index (χ4n) is 2.54. The van der Waals surface area contributed by atoms with Crippen LogP contribution in [0.2, 0.25) is 5.02 Å². The van der Waals surface area contributed by atoms with Crippen molar-refractivity contribution >= 4 is 56.3 Å². The molecule has 3 aromatic rings. The largest absolute Gasteiger partial charge is 0.497 e. The Bertz CT molecular complexity index is 957. The SMILES string of the molecule is COc1ccc2c(Cl)c(C(=O)NC(=S)N[C@@H](C)c3ccccc3)sc2c1. The molecule has 2 N–H and O–H groups in total. The molecule has 0 aliphatic rings. The molecule has 4 nitrogen and oxygen atoms in total. The van der Waals surface area contributed by atoms with E-state index in [1.54, 1.807) is 7.11 Å². The molecule has 2 aromatic carbocycles. The molecule has 0 saturated carbocycles. The molecule has 0 unspecified atom stereocenters. The van der Waals surface area contributed by atoms with E-state index in [2.05, 4.69) is 10.6 Å². The van der Waals surface area contributed by atoms with Crippen LogP contribution in [0, 0.1) is 0 Å². The van der Waals surface area contributed by atoms with Crippen molar-refractivity contribution in [1.82, 2.24) is 10.6 Å². The van der Waals surface area contributed by atoms with Crippen LogP contribution in [0.3, 0.4) is 0 Å². The van der Waals surface area contributed by atoms with Gasteiger partial charge in [0.2, 0.25) is 0 Å². The Kier molecular flexibility index (Phi) is 5.76. The fraction of sp³-hybridized carbons (Fsp3) is 0.158. The summed E-state index contributed by atoms with van der Waals surface area (Å²) in [4.78, 5) is 13.0. The fourth-order valence-corrected chi connectivity index (χ4v) is 4.25. The van der Waals surface area contributed by atoms with Crippen LogP contribution in [0.25, 0.3) is 10.1 Å². The van der Waals surface area contributed by atoms with Gasteiger partial charge in [-0.25, -0.2) is 0 Å². The Morgan fingerprint density at radius 3 is 2.65 bits per heavy atom. The van der Waals surface area contributed by atoms with Crippen LogP contribution in [0.4, 0.5) is 0 Å². The van der Waals surface area contributed by atoms with Crippen LogP contribution in [0.1, 0.15) is 28.2 Å². The van der Waals surface area contributed by atoms with Gasteiger partial charge in [0.05, 0.1) is 18.2 Å². The van der Waals surface area contributed by atoms with Gasteiger partial charge in [-0.05, 0) is 42.9 Å². The third-order valence-corrected chi connectivity index (χ3v) is 5.79. The van der Waals surface area contributed by atoms with E-state index in [9.17, 15) is 4.79 Å². The number of hydrogen-bond donors (Lipinski definition) is 2. The first-order valence-corrected chi connectivity index (χ1v) is 9.52.